The minimum Gasteiger partial charge on any atom is -0.385 e. The highest BCUT2D eigenvalue weighted by Crippen LogP contribution is 2.10. The van der Waals surface area contributed by atoms with Crippen molar-refractivity contribution in [1.29, 1.82) is 0 Å². The lowest BCUT2D eigenvalue weighted by molar-refractivity contribution is 0.0967. The number of ether oxygens (including phenoxy) is 1. The normalized spacial score (nSPS) is 12.4. The van der Waals surface area contributed by atoms with Crippen molar-refractivity contribution in [2.24, 2.45) is 5.73 Å². The number of Topliss-reactive ketones (excluding diaryl/α,β-unsaturated/α-hetero) is 1. The molecule has 0 radical (unpaired) electrons. The first-order chi connectivity index (χ1) is 7.63. The second-order valence-corrected chi connectivity index (χ2v) is 4.92. The number of carbonyl (C=O) groups excluding carboxylic acids is 1. The molecular weight excluding hydrogens is 317 g/mol. The molecule has 1 aromatic carbocycles. The molecule has 0 aliphatic carbocycles. The summed E-state index contributed by atoms with van der Waals surface area (Å²) in [5, 5.41) is 0. The Hall–Kier alpha value is -0.460. The Morgan fingerprint density at radius 2 is 2.06 bits per heavy atom. The predicted molar refractivity (Wildman–Crippen MR) is 72.6 cm³/mol. The maximum Gasteiger partial charge on any atom is 0.164 e. The summed E-state index contributed by atoms with van der Waals surface area (Å²) in [6.07, 6.45) is 1.09. The Bertz CT molecular complexity index is 337. The first-order valence-electron chi connectivity index (χ1n) is 5.16. The molecule has 0 aliphatic heterocycles. The Morgan fingerprint density at radius 1 is 1.44 bits per heavy atom. The number of nitrogens with two attached hydrogens (primary N) is 1. The van der Waals surface area contributed by atoms with Gasteiger partial charge in [-0.05, 0) is 41.1 Å². The van der Waals surface area contributed by atoms with Crippen LogP contribution in [-0.4, -0.2) is 25.5 Å². The molecule has 88 valence electrons. The van der Waals surface area contributed by atoms with E-state index in [1.165, 1.54) is 0 Å². The van der Waals surface area contributed by atoms with Gasteiger partial charge in [-0.3, -0.25) is 4.79 Å². The van der Waals surface area contributed by atoms with Crippen LogP contribution in [0, 0.1) is 3.57 Å². The van der Waals surface area contributed by atoms with Gasteiger partial charge in [0.2, 0.25) is 0 Å². The summed E-state index contributed by atoms with van der Waals surface area (Å²) in [6, 6.07) is 7.41. The Kier molecular flexibility index (Phi) is 5.94. The van der Waals surface area contributed by atoms with E-state index in [1.807, 2.05) is 24.3 Å². The molecule has 16 heavy (non-hydrogen) atoms. The molecule has 3 nitrogen and oxygen atoms in total. The van der Waals surface area contributed by atoms with Crippen LogP contribution in [-0.2, 0) is 4.74 Å². The summed E-state index contributed by atoms with van der Waals surface area (Å²) in [5.74, 6) is 0.0972. The number of hydrogen-bond donors (Lipinski definition) is 1. The second kappa shape index (κ2) is 6.98. The van der Waals surface area contributed by atoms with E-state index >= 15 is 0 Å². The average molecular weight is 333 g/mol. The molecule has 0 saturated heterocycles. The van der Waals surface area contributed by atoms with Crippen molar-refractivity contribution in [3.8, 4) is 0 Å². The van der Waals surface area contributed by atoms with Gasteiger partial charge in [0.15, 0.2) is 5.78 Å². The second-order valence-electron chi connectivity index (χ2n) is 3.68. The third-order valence-corrected chi connectivity index (χ3v) is 3.03. The fraction of sp³-hybridized carbons (Fsp3) is 0.417. The molecule has 0 fully saturated rings. The van der Waals surface area contributed by atoms with Crippen LogP contribution < -0.4 is 5.73 Å². The van der Waals surface area contributed by atoms with Gasteiger partial charge < -0.3 is 10.5 Å². The zero-order chi connectivity index (χ0) is 12.0. The van der Waals surface area contributed by atoms with Crippen LogP contribution >= 0.6 is 22.6 Å². The first kappa shape index (κ1) is 13.6. The summed E-state index contributed by atoms with van der Waals surface area (Å²) >= 11 is 2.21. The molecule has 4 heteroatoms. The standard InChI is InChI=1S/C12H16INO2/c1-16-7-6-11(14)8-12(15)9-2-4-10(13)5-3-9/h2-5,11H,6-8,14H2,1H3. The van der Waals surface area contributed by atoms with Crippen LogP contribution in [0.5, 0.6) is 0 Å². The Balaban J connectivity index is 2.48. The molecule has 0 aliphatic rings. The SMILES string of the molecule is COCCC(N)CC(=O)c1ccc(I)cc1. The summed E-state index contributed by atoms with van der Waals surface area (Å²) in [5.41, 5.74) is 6.56. The van der Waals surface area contributed by atoms with Crippen LogP contribution in [0.4, 0.5) is 0 Å². The molecule has 1 rings (SSSR count). The number of benzene rings is 1. The quantitative estimate of drug-likeness (QED) is 0.642. The lowest BCUT2D eigenvalue weighted by Crippen LogP contribution is -2.25. The van der Waals surface area contributed by atoms with Gasteiger partial charge in [0, 0.05) is 35.3 Å². The molecule has 0 spiro atoms. The van der Waals surface area contributed by atoms with E-state index in [0.29, 0.717) is 19.4 Å². The highest BCUT2D eigenvalue weighted by atomic mass is 127. The number of ketones is 1. The first-order valence-corrected chi connectivity index (χ1v) is 6.24. The summed E-state index contributed by atoms with van der Waals surface area (Å²) in [4.78, 5) is 11.8. The number of rotatable bonds is 6. The van der Waals surface area contributed by atoms with Gasteiger partial charge in [0.25, 0.3) is 0 Å². The lowest BCUT2D eigenvalue weighted by Gasteiger charge is -2.09. The van der Waals surface area contributed by atoms with Crippen LogP contribution in [0.2, 0.25) is 0 Å². The fourth-order valence-corrected chi connectivity index (χ4v) is 1.72. The number of carbonyl (C=O) groups is 1. The highest BCUT2D eigenvalue weighted by molar-refractivity contribution is 14.1. The van der Waals surface area contributed by atoms with Crippen molar-refractivity contribution in [2.75, 3.05) is 13.7 Å². The molecule has 0 aromatic heterocycles. The third-order valence-electron chi connectivity index (χ3n) is 2.31. The van der Waals surface area contributed by atoms with E-state index in [0.717, 1.165) is 9.13 Å². The largest absolute Gasteiger partial charge is 0.385 e. The van der Waals surface area contributed by atoms with Crippen molar-refractivity contribution in [1.82, 2.24) is 0 Å². The van der Waals surface area contributed by atoms with Gasteiger partial charge in [0.1, 0.15) is 0 Å². The van der Waals surface area contributed by atoms with E-state index in [1.54, 1.807) is 7.11 Å². The molecular formula is C12H16INO2. The zero-order valence-electron chi connectivity index (χ0n) is 9.28. The smallest absolute Gasteiger partial charge is 0.164 e. The van der Waals surface area contributed by atoms with Gasteiger partial charge in [-0.25, -0.2) is 0 Å². The van der Waals surface area contributed by atoms with E-state index in [9.17, 15) is 4.79 Å². The van der Waals surface area contributed by atoms with Crippen molar-refractivity contribution in [3.63, 3.8) is 0 Å². The molecule has 1 aromatic rings. The third kappa shape index (κ3) is 4.59. The van der Waals surface area contributed by atoms with E-state index in [2.05, 4.69) is 22.6 Å². The Labute approximate surface area is 109 Å². The molecule has 2 N–H and O–H groups in total. The lowest BCUT2D eigenvalue weighted by atomic mass is 10.0. The topological polar surface area (TPSA) is 52.3 Å². The van der Waals surface area contributed by atoms with Gasteiger partial charge in [-0.2, -0.15) is 0 Å². The van der Waals surface area contributed by atoms with E-state index < -0.39 is 0 Å². The number of halogens is 1. The van der Waals surface area contributed by atoms with Crippen molar-refractivity contribution < 1.29 is 9.53 Å². The summed E-state index contributed by atoms with van der Waals surface area (Å²) < 4.78 is 6.05. The van der Waals surface area contributed by atoms with Gasteiger partial charge in [-0.1, -0.05) is 12.1 Å². The monoisotopic (exact) mass is 333 g/mol. The zero-order valence-corrected chi connectivity index (χ0v) is 11.4. The maximum atomic E-state index is 11.8. The highest BCUT2D eigenvalue weighted by Gasteiger charge is 2.11. The minimum atomic E-state index is -0.119. The molecule has 1 atom stereocenters. The van der Waals surface area contributed by atoms with Crippen molar-refractivity contribution in [2.45, 2.75) is 18.9 Å². The van der Waals surface area contributed by atoms with Gasteiger partial charge >= 0.3 is 0 Å². The fourth-order valence-electron chi connectivity index (χ4n) is 1.36. The number of methoxy groups -OCH3 is 1. The van der Waals surface area contributed by atoms with Gasteiger partial charge in [0.05, 0.1) is 0 Å². The molecule has 0 heterocycles. The van der Waals surface area contributed by atoms with Crippen molar-refractivity contribution >= 4 is 28.4 Å². The van der Waals surface area contributed by atoms with E-state index in [-0.39, 0.29) is 11.8 Å². The average Bonchev–Trinajstić information content (AvgIpc) is 2.27. The minimum absolute atomic E-state index is 0.0972. The summed E-state index contributed by atoms with van der Waals surface area (Å²) in [6.45, 7) is 0.598. The van der Waals surface area contributed by atoms with Crippen molar-refractivity contribution in [3.05, 3.63) is 33.4 Å². The molecule has 0 amide bonds. The van der Waals surface area contributed by atoms with Crippen LogP contribution in [0.25, 0.3) is 0 Å². The van der Waals surface area contributed by atoms with E-state index in [4.69, 9.17) is 10.5 Å². The molecule has 0 saturated carbocycles. The van der Waals surface area contributed by atoms with Crippen LogP contribution in [0.15, 0.2) is 24.3 Å². The Morgan fingerprint density at radius 3 is 2.62 bits per heavy atom. The number of hydrogen-bond acceptors (Lipinski definition) is 3. The maximum absolute atomic E-state index is 11.8. The van der Waals surface area contributed by atoms with Crippen LogP contribution in [0.3, 0.4) is 0 Å². The summed E-state index contributed by atoms with van der Waals surface area (Å²) in [7, 11) is 1.63. The van der Waals surface area contributed by atoms with Gasteiger partial charge in [-0.15, -0.1) is 0 Å². The predicted octanol–water partition coefficient (Wildman–Crippen LogP) is 2.23. The molecule has 0 bridgehead atoms. The van der Waals surface area contributed by atoms with Crippen LogP contribution in [0.1, 0.15) is 23.2 Å². The molecule has 1 unspecified atom stereocenters.